The van der Waals surface area contributed by atoms with Crippen LogP contribution >= 0.6 is 12.4 Å². The van der Waals surface area contributed by atoms with Crippen molar-refractivity contribution in [2.24, 2.45) is 0 Å². The van der Waals surface area contributed by atoms with Crippen LogP contribution in [-0.2, 0) is 10.4 Å². The molecule has 2 aromatic rings. The van der Waals surface area contributed by atoms with Crippen LogP contribution in [-0.4, -0.2) is 42.1 Å². The fraction of sp³-hybridized carbons (Fsp3) is 0.350. The molecule has 0 aliphatic rings. The van der Waals surface area contributed by atoms with Crippen LogP contribution < -0.4 is 5.32 Å². The third-order valence-corrected chi connectivity index (χ3v) is 4.32. The Hall–Kier alpha value is -1.88. The molecule has 0 unspecified atom stereocenters. The van der Waals surface area contributed by atoms with E-state index >= 15 is 0 Å². The lowest BCUT2D eigenvalue weighted by molar-refractivity contribution is -0.136. The topological polar surface area (TPSA) is 52.6 Å². The molecule has 0 atom stereocenters. The van der Waals surface area contributed by atoms with Crippen LogP contribution in [0.1, 0.15) is 25.0 Å². The van der Waals surface area contributed by atoms with Crippen molar-refractivity contribution < 1.29 is 9.90 Å². The van der Waals surface area contributed by atoms with Crippen molar-refractivity contribution >= 4 is 18.3 Å². The largest absolute Gasteiger partial charge is 0.372 e. The number of halogens is 1. The smallest absolute Gasteiger partial charge is 0.261 e. The van der Waals surface area contributed by atoms with Crippen LogP contribution in [0.15, 0.2) is 60.7 Å². The van der Waals surface area contributed by atoms with E-state index in [1.54, 1.807) is 24.3 Å². The number of amides is 1. The van der Waals surface area contributed by atoms with Gasteiger partial charge in [0.15, 0.2) is 5.60 Å². The van der Waals surface area contributed by atoms with Gasteiger partial charge in [-0.05, 0) is 24.2 Å². The minimum atomic E-state index is -1.69. The number of benzene rings is 2. The first-order valence-corrected chi connectivity index (χ1v) is 8.47. The molecule has 0 fully saturated rings. The highest BCUT2D eigenvalue weighted by atomic mass is 35.5. The maximum absolute atomic E-state index is 12.8. The number of hydrogen-bond acceptors (Lipinski definition) is 3. The Labute approximate surface area is 156 Å². The predicted octanol–water partition coefficient (Wildman–Crippen LogP) is 2.80. The maximum atomic E-state index is 12.8. The van der Waals surface area contributed by atoms with Crippen molar-refractivity contribution in [3.05, 3.63) is 71.8 Å². The molecule has 136 valence electrons. The molecule has 0 radical (unpaired) electrons. The molecular weight excluding hydrogens is 336 g/mol. The van der Waals surface area contributed by atoms with Crippen molar-refractivity contribution in [3.63, 3.8) is 0 Å². The first-order chi connectivity index (χ1) is 11.6. The number of carbonyl (C=O) groups excluding carboxylic acids is 1. The Morgan fingerprint density at radius 1 is 0.960 bits per heavy atom. The quantitative estimate of drug-likeness (QED) is 0.759. The summed E-state index contributed by atoms with van der Waals surface area (Å²) in [5, 5.41) is 14.2. The molecule has 0 aliphatic heterocycles. The number of aliphatic hydroxyl groups is 1. The number of hydrogen-bond donors (Lipinski definition) is 2. The van der Waals surface area contributed by atoms with Crippen molar-refractivity contribution in [2.75, 3.05) is 26.2 Å². The minimum absolute atomic E-state index is 0. The summed E-state index contributed by atoms with van der Waals surface area (Å²) in [5.74, 6) is -0.396. The second-order valence-corrected chi connectivity index (χ2v) is 5.73. The SMILES string of the molecule is CCN(CC)CCNC(=O)C(O)(c1ccccc1)c1ccccc1.Cl. The van der Waals surface area contributed by atoms with Gasteiger partial charge in [-0.3, -0.25) is 4.79 Å². The molecule has 2 aromatic carbocycles. The second-order valence-electron chi connectivity index (χ2n) is 5.73. The summed E-state index contributed by atoms with van der Waals surface area (Å²) < 4.78 is 0. The summed E-state index contributed by atoms with van der Waals surface area (Å²) >= 11 is 0. The van der Waals surface area contributed by atoms with Gasteiger partial charge in [0, 0.05) is 13.1 Å². The zero-order valence-electron chi connectivity index (χ0n) is 14.8. The highest BCUT2D eigenvalue weighted by Crippen LogP contribution is 2.29. The highest BCUT2D eigenvalue weighted by Gasteiger charge is 2.39. The second kappa shape index (κ2) is 10.2. The molecule has 0 saturated carbocycles. The molecule has 25 heavy (non-hydrogen) atoms. The monoisotopic (exact) mass is 362 g/mol. The lowest BCUT2D eigenvalue weighted by atomic mass is 9.85. The van der Waals surface area contributed by atoms with Crippen LogP contribution in [0.25, 0.3) is 0 Å². The van der Waals surface area contributed by atoms with E-state index in [2.05, 4.69) is 24.1 Å². The molecule has 0 spiro atoms. The van der Waals surface area contributed by atoms with Gasteiger partial charge in [0.05, 0.1) is 0 Å². The molecule has 0 bridgehead atoms. The molecular formula is C20H27ClN2O2. The lowest BCUT2D eigenvalue weighted by Gasteiger charge is -2.28. The fourth-order valence-electron chi connectivity index (χ4n) is 2.78. The zero-order chi connectivity index (χ0) is 17.4. The van der Waals surface area contributed by atoms with Crippen molar-refractivity contribution in [2.45, 2.75) is 19.4 Å². The average molecular weight is 363 g/mol. The molecule has 2 rings (SSSR count). The minimum Gasteiger partial charge on any atom is -0.372 e. The molecule has 1 amide bonds. The third kappa shape index (κ3) is 5.05. The van der Waals surface area contributed by atoms with E-state index < -0.39 is 11.5 Å². The van der Waals surface area contributed by atoms with Crippen LogP contribution in [0.2, 0.25) is 0 Å². The molecule has 0 aliphatic carbocycles. The van der Waals surface area contributed by atoms with Gasteiger partial charge in [-0.15, -0.1) is 12.4 Å². The summed E-state index contributed by atoms with van der Waals surface area (Å²) in [6, 6.07) is 18.1. The zero-order valence-corrected chi connectivity index (χ0v) is 15.6. The Kier molecular flexibility index (Phi) is 8.62. The maximum Gasteiger partial charge on any atom is 0.261 e. The summed E-state index contributed by atoms with van der Waals surface area (Å²) in [7, 11) is 0. The van der Waals surface area contributed by atoms with Crippen LogP contribution in [0.5, 0.6) is 0 Å². The van der Waals surface area contributed by atoms with Gasteiger partial charge in [0.25, 0.3) is 5.91 Å². The number of nitrogens with one attached hydrogen (secondary N) is 1. The van der Waals surface area contributed by atoms with Gasteiger partial charge in [-0.2, -0.15) is 0 Å². The Balaban J connectivity index is 0.00000312. The van der Waals surface area contributed by atoms with Gasteiger partial charge >= 0.3 is 0 Å². The van der Waals surface area contributed by atoms with Crippen LogP contribution in [0.4, 0.5) is 0 Å². The Morgan fingerprint density at radius 3 is 1.80 bits per heavy atom. The van der Waals surface area contributed by atoms with Gasteiger partial charge in [0.1, 0.15) is 0 Å². The molecule has 0 saturated heterocycles. The van der Waals surface area contributed by atoms with E-state index in [0.717, 1.165) is 19.6 Å². The highest BCUT2D eigenvalue weighted by molar-refractivity contribution is 5.90. The van der Waals surface area contributed by atoms with Crippen molar-refractivity contribution in [1.29, 1.82) is 0 Å². The van der Waals surface area contributed by atoms with Crippen molar-refractivity contribution in [3.8, 4) is 0 Å². The van der Waals surface area contributed by atoms with E-state index in [9.17, 15) is 9.90 Å². The number of likely N-dealkylation sites (N-methyl/N-ethyl adjacent to an activating group) is 1. The third-order valence-electron chi connectivity index (χ3n) is 4.32. The summed E-state index contributed by atoms with van der Waals surface area (Å²) in [6.45, 7) is 7.33. The number of nitrogens with zero attached hydrogens (tertiary/aromatic N) is 1. The summed E-state index contributed by atoms with van der Waals surface area (Å²) in [4.78, 5) is 15.1. The molecule has 0 heterocycles. The van der Waals surface area contributed by atoms with Crippen LogP contribution in [0, 0.1) is 0 Å². The first kappa shape index (κ1) is 21.2. The predicted molar refractivity (Wildman–Crippen MR) is 104 cm³/mol. The first-order valence-electron chi connectivity index (χ1n) is 8.47. The summed E-state index contributed by atoms with van der Waals surface area (Å²) in [5.41, 5.74) is -0.556. The number of carbonyl (C=O) groups is 1. The van der Waals surface area contributed by atoms with E-state index in [1.165, 1.54) is 0 Å². The van der Waals surface area contributed by atoms with Gasteiger partial charge in [-0.25, -0.2) is 0 Å². The number of rotatable bonds is 8. The van der Waals surface area contributed by atoms with Gasteiger partial charge in [-0.1, -0.05) is 74.5 Å². The average Bonchev–Trinajstić information content (AvgIpc) is 2.65. The molecule has 5 heteroatoms. The van der Waals surface area contributed by atoms with Gasteiger partial charge in [0.2, 0.25) is 0 Å². The summed E-state index contributed by atoms with van der Waals surface area (Å²) in [6.07, 6.45) is 0. The Morgan fingerprint density at radius 2 is 1.40 bits per heavy atom. The van der Waals surface area contributed by atoms with Crippen LogP contribution in [0.3, 0.4) is 0 Å². The standard InChI is InChI=1S/C20H26N2O2.ClH/c1-3-22(4-2)16-15-21-19(23)20(24,17-11-7-5-8-12-17)18-13-9-6-10-14-18;/h5-14,24H,3-4,15-16H2,1-2H3,(H,21,23);1H. The fourth-order valence-corrected chi connectivity index (χ4v) is 2.78. The van der Waals surface area contributed by atoms with Gasteiger partial charge < -0.3 is 15.3 Å². The lowest BCUT2D eigenvalue weighted by Crippen LogP contribution is -2.47. The molecule has 4 nitrogen and oxygen atoms in total. The normalized spacial score (nSPS) is 11.0. The van der Waals surface area contributed by atoms with E-state index in [1.807, 2.05) is 36.4 Å². The van der Waals surface area contributed by atoms with E-state index in [-0.39, 0.29) is 12.4 Å². The Bertz CT molecular complexity index is 591. The molecule has 0 aromatic heterocycles. The van der Waals surface area contributed by atoms with Crippen molar-refractivity contribution in [1.82, 2.24) is 10.2 Å². The van der Waals surface area contributed by atoms with E-state index in [4.69, 9.17) is 0 Å². The van der Waals surface area contributed by atoms with E-state index in [0.29, 0.717) is 17.7 Å². The molecule has 2 N–H and O–H groups in total.